The Morgan fingerprint density at radius 3 is 2.74 bits per heavy atom. The van der Waals surface area contributed by atoms with Gasteiger partial charge in [0.25, 0.3) is 5.91 Å². The summed E-state index contributed by atoms with van der Waals surface area (Å²) in [4.78, 5) is 21.8. The van der Waals surface area contributed by atoms with Crippen LogP contribution in [0.1, 0.15) is 41.2 Å². The molecule has 0 radical (unpaired) electrons. The molecule has 39 heavy (non-hydrogen) atoms. The summed E-state index contributed by atoms with van der Waals surface area (Å²) >= 11 is 0. The van der Waals surface area contributed by atoms with Gasteiger partial charge in [0.2, 0.25) is 5.90 Å². The lowest BCUT2D eigenvalue weighted by Crippen LogP contribution is -2.47. The summed E-state index contributed by atoms with van der Waals surface area (Å²) < 4.78 is 12.0. The fourth-order valence-electron chi connectivity index (χ4n) is 4.52. The third kappa shape index (κ3) is 6.29. The molecule has 0 unspecified atom stereocenters. The van der Waals surface area contributed by atoms with Crippen molar-refractivity contribution in [1.29, 1.82) is 0 Å². The van der Waals surface area contributed by atoms with Crippen LogP contribution in [0.3, 0.4) is 0 Å². The number of azide groups is 1. The Morgan fingerprint density at radius 2 is 2.03 bits per heavy atom. The van der Waals surface area contributed by atoms with Crippen LogP contribution < -0.4 is 10.1 Å². The van der Waals surface area contributed by atoms with Gasteiger partial charge in [-0.3, -0.25) is 4.79 Å². The number of nitrogens with zero attached hydrogens (tertiary/aromatic N) is 4. The number of hydrogen-bond donors (Lipinski definition) is 2. The predicted octanol–water partition coefficient (Wildman–Crippen LogP) is 5.85. The summed E-state index contributed by atoms with van der Waals surface area (Å²) in [6.07, 6.45) is 1.49. The van der Waals surface area contributed by atoms with Gasteiger partial charge in [0.1, 0.15) is 5.75 Å². The lowest BCUT2D eigenvalue weighted by Gasteiger charge is -2.30. The predicted molar refractivity (Wildman–Crippen MR) is 150 cm³/mol. The SMILES string of the molecule is C=CC[C@@]1(C(=O)NCc2cccc(C)c2)N=C(c2ccc(OCCCO)cc2)O[C@@H]1c1ccccc1N=[N+]=[N-]. The molecule has 0 spiro atoms. The second-order valence-electron chi connectivity index (χ2n) is 9.20. The monoisotopic (exact) mass is 525 g/mol. The molecule has 9 heteroatoms. The Bertz CT molecular complexity index is 1400. The van der Waals surface area contributed by atoms with E-state index in [1.54, 1.807) is 54.6 Å². The van der Waals surface area contributed by atoms with Gasteiger partial charge >= 0.3 is 0 Å². The lowest BCUT2D eigenvalue weighted by atomic mass is 9.83. The van der Waals surface area contributed by atoms with E-state index in [-0.39, 0.29) is 24.8 Å². The highest BCUT2D eigenvalue weighted by Gasteiger charge is 2.52. The number of aliphatic hydroxyl groups excluding tert-OH is 1. The standard InChI is InChI=1S/C30H31N5O4/c1-3-16-30(29(37)32-20-22-9-6-8-21(2)19-22)27(25-10-4-5-11-26(25)34-35-31)39-28(33-30)23-12-14-24(15-13-23)38-18-7-17-36/h3-6,8-15,19,27,36H,1,7,16-18,20H2,2H3,(H,32,37)/t27-,30-/m1/s1. The third-order valence-corrected chi connectivity index (χ3v) is 6.39. The summed E-state index contributed by atoms with van der Waals surface area (Å²) in [5, 5.41) is 15.9. The van der Waals surface area contributed by atoms with Crippen molar-refractivity contribution in [2.24, 2.45) is 10.1 Å². The van der Waals surface area contributed by atoms with Crippen LogP contribution in [0.15, 0.2) is 95.6 Å². The van der Waals surface area contributed by atoms with E-state index in [0.717, 1.165) is 11.1 Å². The number of carbonyl (C=O) groups excluding carboxylic acids is 1. The summed E-state index contributed by atoms with van der Waals surface area (Å²) in [6.45, 7) is 6.66. The van der Waals surface area contributed by atoms with Crippen molar-refractivity contribution in [1.82, 2.24) is 5.32 Å². The average molecular weight is 526 g/mol. The number of aliphatic imine (C=N–C) groups is 1. The second kappa shape index (κ2) is 12.8. The molecule has 0 fully saturated rings. The molecule has 2 N–H and O–H groups in total. The van der Waals surface area contributed by atoms with E-state index in [0.29, 0.717) is 42.1 Å². The van der Waals surface area contributed by atoms with E-state index in [1.807, 2.05) is 31.2 Å². The number of ether oxygens (including phenoxy) is 2. The van der Waals surface area contributed by atoms with Crippen LogP contribution in [-0.2, 0) is 16.1 Å². The molecule has 1 heterocycles. The molecule has 2 atom stereocenters. The Labute approximate surface area is 227 Å². The first-order chi connectivity index (χ1) is 19.0. The molecular formula is C30H31N5O4. The van der Waals surface area contributed by atoms with Crippen LogP contribution in [-0.4, -0.2) is 35.7 Å². The first-order valence-electron chi connectivity index (χ1n) is 12.7. The molecule has 4 rings (SSSR count). The van der Waals surface area contributed by atoms with E-state index >= 15 is 0 Å². The molecular weight excluding hydrogens is 494 g/mol. The highest BCUT2D eigenvalue weighted by atomic mass is 16.5. The van der Waals surface area contributed by atoms with Gasteiger partial charge in [0, 0.05) is 47.7 Å². The van der Waals surface area contributed by atoms with Crippen molar-refractivity contribution < 1.29 is 19.4 Å². The Morgan fingerprint density at radius 1 is 1.23 bits per heavy atom. The van der Waals surface area contributed by atoms with Gasteiger partial charge in [0.05, 0.1) is 6.61 Å². The molecule has 3 aromatic carbocycles. The fourth-order valence-corrected chi connectivity index (χ4v) is 4.52. The number of carbonyl (C=O) groups is 1. The largest absolute Gasteiger partial charge is 0.494 e. The minimum absolute atomic E-state index is 0.0543. The minimum Gasteiger partial charge on any atom is -0.494 e. The molecule has 1 aliphatic heterocycles. The van der Waals surface area contributed by atoms with Gasteiger partial charge in [0.15, 0.2) is 11.6 Å². The molecule has 0 bridgehead atoms. The summed E-state index contributed by atoms with van der Waals surface area (Å²) in [5.41, 5.74) is 11.4. The van der Waals surface area contributed by atoms with Crippen LogP contribution in [0.5, 0.6) is 5.75 Å². The maximum Gasteiger partial charge on any atom is 0.252 e. The minimum atomic E-state index is -1.39. The van der Waals surface area contributed by atoms with Crippen molar-refractivity contribution >= 4 is 17.5 Å². The van der Waals surface area contributed by atoms with Crippen molar-refractivity contribution in [2.75, 3.05) is 13.2 Å². The van der Waals surface area contributed by atoms with Gasteiger partial charge in [-0.05, 0) is 42.3 Å². The number of benzene rings is 3. The third-order valence-electron chi connectivity index (χ3n) is 6.39. The van der Waals surface area contributed by atoms with Gasteiger partial charge in [-0.2, -0.15) is 0 Å². The zero-order valence-electron chi connectivity index (χ0n) is 21.8. The molecule has 9 nitrogen and oxygen atoms in total. The maximum atomic E-state index is 14.0. The first kappa shape index (κ1) is 27.4. The number of rotatable bonds is 12. The van der Waals surface area contributed by atoms with Crippen molar-refractivity contribution in [3.63, 3.8) is 0 Å². The molecule has 200 valence electrons. The lowest BCUT2D eigenvalue weighted by molar-refractivity contribution is -0.129. The maximum absolute atomic E-state index is 14.0. The number of nitrogens with one attached hydrogen (secondary N) is 1. The van der Waals surface area contributed by atoms with Gasteiger partial charge in [-0.1, -0.05) is 65.3 Å². The molecule has 1 aliphatic rings. The Balaban J connectivity index is 1.72. The Hall–Kier alpha value is -4.59. The molecule has 3 aromatic rings. The van der Waals surface area contributed by atoms with E-state index in [2.05, 4.69) is 21.9 Å². The number of aliphatic hydroxyl groups is 1. The number of hydrogen-bond acceptors (Lipinski definition) is 6. The Kier molecular flexibility index (Phi) is 8.99. The van der Waals surface area contributed by atoms with Crippen molar-refractivity contribution in [3.8, 4) is 5.75 Å². The number of amides is 1. The average Bonchev–Trinajstić information content (AvgIpc) is 3.33. The van der Waals surface area contributed by atoms with E-state index in [9.17, 15) is 4.79 Å². The quantitative estimate of drug-likeness (QED) is 0.101. The smallest absolute Gasteiger partial charge is 0.252 e. The topological polar surface area (TPSA) is 129 Å². The summed E-state index contributed by atoms with van der Waals surface area (Å²) in [7, 11) is 0. The van der Waals surface area contributed by atoms with Crippen LogP contribution in [0.2, 0.25) is 0 Å². The van der Waals surface area contributed by atoms with Crippen molar-refractivity contribution in [2.45, 2.75) is 38.0 Å². The molecule has 0 aromatic heterocycles. The molecule has 0 aliphatic carbocycles. The van der Waals surface area contributed by atoms with Crippen LogP contribution >= 0.6 is 0 Å². The van der Waals surface area contributed by atoms with Gasteiger partial charge in [-0.25, -0.2) is 4.99 Å². The normalized spacial score (nSPS) is 17.9. The van der Waals surface area contributed by atoms with Crippen LogP contribution in [0.4, 0.5) is 5.69 Å². The summed E-state index contributed by atoms with van der Waals surface area (Å²) in [5.74, 6) is 0.595. The first-order valence-corrected chi connectivity index (χ1v) is 12.7. The van der Waals surface area contributed by atoms with Gasteiger partial charge < -0.3 is 19.9 Å². The van der Waals surface area contributed by atoms with Crippen molar-refractivity contribution in [3.05, 3.63) is 118 Å². The summed E-state index contributed by atoms with van der Waals surface area (Å²) in [6, 6.07) is 22.1. The molecule has 0 saturated heterocycles. The zero-order chi connectivity index (χ0) is 27.7. The van der Waals surface area contributed by atoms with Crippen LogP contribution in [0, 0.1) is 6.92 Å². The number of aryl methyl sites for hydroxylation is 1. The highest BCUT2D eigenvalue weighted by Crippen LogP contribution is 2.45. The van der Waals surface area contributed by atoms with Crippen LogP contribution in [0.25, 0.3) is 10.4 Å². The second-order valence-corrected chi connectivity index (χ2v) is 9.20. The molecule has 0 saturated carbocycles. The van der Waals surface area contributed by atoms with E-state index in [1.165, 1.54) is 0 Å². The van der Waals surface area contributed by atoms with E-state index < -0.39 is 11.6 Å². The highest BCUT2D eigenvalue weighted by molar-refractivity contribution is 6.01. The van der Waals surface area contributed by atoms with E-state index in [4.69, 9.17) is 25.1 Å². The fraction of sp³-hybridized carbons (Fsp3) is 0.267. The van der Waals surface area contributed by atoms with Gasteiger partial charge in [-0.15, -0.1) is 6.58 Å². The molecule has 1 amide bonds. The zero-order valence-corrected chi connectivity index (χ0v) is 21.8.